The van der Waals surface area contributed by atoms with Crippen LogP contribution in [0.4, 0.5) is 4.79 Å². The van der Waals surface area contributed by atoms with E-state index in [1.807, 2.05) is 58.6 Å². The van der Waals surface area contributed by atoms with Crippen molar-refractivity contribution in [1.82, 2.24) is 15.1 Å². The molecular formula is C67H108N3O13P. The van der Waals surface area contributed by atoms with Crippen LogP contribution in [0.15, 0.2) is 91.0 Å². The minimum Gasteiger partial charge on any atom is -0.382 e. The fourth-order valence-corrected chi connectivity index (χ4v) is 18.9. The maximum Gasteiger partial charge on any atom is 0.137 e. The predicted octanol–water partition coefficient (Wildman–Crippen LogP) is 8.48. The normalized spacial score (nSPS) is 35.4. The van der Waals surface area contributed by atoms with Crippen LogP contribution in [0.3, 0.4) is 0 Å². The van der Waals surface area contributed by atoms with Gasteiger partial charge < -0.3 is 58.5 Å². The van der Waals surface area contributed by atoms with Gasteiger partial charge in [0.2, 0.25) is 0 Å². The number of nitrogens with one attached hydrogen (secondary N) is 1. The SMILES string of the molecule is CC[C@H]1OC(=O)[C@H](C)[C@@H](O[C@H]2C[C@@](C)(OC)[C@@H](O)[C@H](C)O2)[C@H](C)[C@@H](O[C@@H]2O[C@H](C)C[C@H](N(C)C)[C@H]2O)[C@](C)(O)C[C@@H](C)CN(C)[C@H](C)[C@@H](OC(=O)NCCCCCCCCCC[PH](c2ccccc2)(c2ccccc2)c2ccccc2)[C@]1(C)O. The number of methoxy groups -OCH3 is 1. The summed E-state index contributed by atoms with van der Waals surface area (Å²) in [6.07, 6.45) is 0.310. The maximum absolute atomic E-state index is 14.9. The Morgan fingerprint density at radius 2 is 1.30 bits per heavy atom. The van der Waals surface area contributed by atoms with E-state index in [-0.39, 0.29) is 37.3 Å². The number of hydrogen-bond donors (Lipinski definition) is 5. The summed E-state index contributed by atoms with van der Waals surface area (Å²) in [7, 11) is 4.94. The molecule has 1 amide bonds. The van der Waals surface area contributed by atoms with Crippen LogP contribution >= 0.6 is 7.26 Å². The van der Waals surface area contributed by atoms with Crippen molar-refractivity contribution in [3.8, 4) is 0 Å². The van der Waals surface area contributed by atoms with Crippen molar-refractivity contribution in [3.05, 3.63) is 91.0 Å². The van der Waals surface area contributed by atoms with Crippen molar-refractivity contribution in [2.45, 2.75) is 237 Å². The number of cyclic esters (lactones) is 1. The molecule has 0 radical (unpaired) electrons. The third kappa shape index (κ3) is 17.4. The number of unbranched alkanes of at least 4 members (excludes halogenated alkanes) is 7. The van der Waals surface area contributed by atoms with E-state index in [0.717, 1.165) is 44.7 Å². The topological polar surface area (TPSA) is 198 Å². The molecule has 17 heteroatoms. The first kappa shape index (κ1) is 69.5. The first-order valence-corrected chi connectivity index (χ1v) is 33.7. The fraction of sp³-hybridized carbons (Fsp3) is 0.701. The third-order valence-corrected chi connectivity index (χ3v) is 24.0. The van der Waals surface area contributed by atoms with Gasteiger partial charge in [0, 0.05) is 38.1 Å². The molecule has 0 bridgehead atoms. The van der Waals surface area contributed by atoms with Crippen molar-refractivity contribution in [1.29, 1.82) is 0 Å². The Labute approximate surface area is 504 Å². The monoisotopic (exact) mass is 1190 g/mol. The molecule has 3 aromatic rings. The van der Waals surface area contributed by atoms with Gasteiger partial charge in [-0.2, -0.15) is 0 Å². The zero-order valence-corrected chi connectivity index (χ0v) is 54.3. The first-order valence-electron chi connectivity index (χ1n) is 31.5. The van der Waals surface area contributed by atoms with E-state index < -0.39 is 109 Å². The summed E-state index contributed by atoms with van der Waals surface area (Å²) in [5.74, 6) is -2.81. The Bertz CT molecular complexity index is 2330. The molecular weight excluding hydrogens is 1090 g/mol. The van der Waals surface area contributed by atoms with Crippen LogP contribution in [0.1, 0.15) is 146 Å². The molecule has 3 aliphatic rings. The van der Waals surface area contributed by atoms with Crippen LogP contribution in [0.5, 0.6) is 0 Å². The Hall–Kier alpha value is -3.61. The number of benzene rings is 3. The molecule has 474 valence electrons. The molecule has 16 nitrogen and oxygen atoms in total. The second kappa shape index (κ2) is 31.5. The van der Waals surface area contributed by atoms with Crippen LogP contribution in [0.25, 0.3) is 0 Å². The van der Waals surface area contributed by atoms with Crippen LogP contribution in [0, 0.1) is 17.8 Å². The van der Waals surface area contributed by atoms with E-state index in [2.05, 4.69) is 96.3 Å². The molecule has 0 unspecified atom stereocenters. The average Bonchev–Trinajstić information content (AvgIpc) is 3.66. The van der Waals surface area contributed by atoms with Gasteiger partial charge in [0.1, 0.15) is 23.9 Å². The van der Waals surface area contributed by atoms with Crippen LogP contribution in [-0.2, 0) is 38.0 Å². The maximum atomic E-state index is 14.9. The molecule has 5 N–H and O–H groups in total. The Balaban J connectivity index is 1.12. The Kier molecular flexibility index (Phi) is 26.1. The number of carbonyl (C=O) groups is 2. The van der Waals surface area contributed by atoms with Crippen molar-refractivity contribution in [2.24, 2.45) is 17.8 Å². The second-order valence-corrected chi connectivity index (χ2v) is 30.1. The molecule has 0 aromatic heterocycles. The molecule has 3 saturated heterocycles. The number of aliphatic hydroxyl groups excluding tert-OH is 2. The third-order valence-electron chi connectivity index (χ3n) is 18.9. The van der Waals surface area contributed by atoms with E-state index in [0.29, 0.717) is 19.5 Å². The number of hydrogen-bond acceptors (Lipinski definition) is 15. The summed E-state index contributed by atoms with van der Waals surface area (Å²) in [6, 6.07) is 32.4. The second-order valence-electron chi connectivity index (χ2n) is 26.1. The molecule has 3 fully saturated rings. The van der Waals surface area contributed by atoms with E-state index in [9.17, 15) is 30.0 Å². The van der Waals surface area contributed by atoms with Gasteiger partial charge in [-0.05, 0) is 94.8 Å². The average molecular weight is 1190 g/mol. The molecule has 0 saturated carbocycles. The van der Waals surface area contributed by atoms with Crippen molar-refractivity contribution >= 4 is 35.2 Å². The minimum absolute atomic E-state index is 0.104. The number of esters is 1. The largest absolute Gasteiger partial charge is 0.382 e. The van der Waals surface area contributed by atoms with Crippen LogP contribution in [0.2, 0.25) is 0 Å². The van der Waals surface area contributed by atoms with Crippen molar-refractivity contribution < 1.29 is 63.2 Å². The fourth-order valence-electron chi connectivity index (χ4n) is 14.0. The minimum atomic E-state index is -2.24. The van der Waals surface area contributed by atoms with E-state index in [1.54, 1.807) is 41.5 Å². The number of carbonyl (C=O) groups excluding carboxylic acids is 2. The summed E-state index contributed by atoms with van der Waals surface area (Å²) in [6.45, 7) is 18.6. The number of likely N-dealkylation sites (N-methyl/N-ethyl adjacent to an activating group) is 2. The number of ether oxygens (including phenoxy) is 7. The molecule has 3 heterocycles. The summed E-state index contributed by atoms with van der Waals surface area (Å²) >= 11 is 0. The van der Waals surface area contributed by atoms with Gasteiger partial charge in [-0.15, -0.1) is 0 Å². The molecule has 6 rings (SSSR count). The molecule has 84 heavy (non-hydrogen) atoms. The summed E-state index contributed by atoms with van der Waals surface area (Å²) in [5, 5.41) is 55.9. The molecule has 0 aliphatic carbocycles. The smallest absolute Gasteiger partial charge is 0.137 e. The van der Waals surface area contributed by atoms with E-state index in [1.165, 1.54) is 35.9 Å². The van der Waals surface area contributed by atoms with E-state index >= 15 is 0 Å². The number of aliphatic hydroxyl groups is 4. The van der Waals surface area contributed by atoms with Crippen LogP contribution in [-0.4, -0.2) is 180 Å². The van der Waals surface area contributed by atoms with Gasteiger partial charge in [0.15, 0.2) is 18.7 Å². The molecule has 3 aromatic carbocycles. The molecule has 0 spiro atoms. The zero-order valence-electron chi connectivity index (χ0n) is 53.3. The van der Waals surface area contributed by atoms with Crippen LogP contribution < -0.4 is 21.2 Å². The Morgan fingerprint density at radius 1 is 0.762 bits per heavy atom. The van der Waals surface area contributed by atoms with Crippen molar-refractivity contribution in [2.75, 3.05) is 47.5 Å². The Morgan fingerprint density at radius 3 is 1.82 bits per heavy atom. The van der Waals surface area contributed by atoms with Gasteiger partial charge in [-0.3, -0.25) is 9.69 Å². The zero-order chi connectivity index (χ0) is 61.6. The van der Waals surface area contributed by atoms with Gasteiger partial charge in [0.25, 0.3) is 0 Å². The first-order chi connectivity index (χ1) is 39.8. The van der Waals surface area contributed by atoms with Gasteiger partial charge >= 0.3 is 196 Å². The van der Waals surface area contributed by atoms with E-state index in [4.69, 9.17) is 33.2 Å². The number of rotatable bonds is 22. The van der Waals surface area contributed by atoms with Gasteiger partial charge in [0.05, 0.1) is 41.5 Å². The molecule has 3 aliphatic heterocycles. The van der Waals surface area contributed by atoms with Crippen molar-refractivity contribution in [3.63, 3.8) is 0 Å². The van der Waals surface area contributed by atoms with Gasteiger partial charge in [-0.25, -0.2) is 4.79 Å². The molecule has 18 atom stereocenters. The quantitative estimate of drug-likeness (QED) is 0.0365. The number of amides is 1. The summed E-state index contributed by atoms with van der Waals surface area (Å²) in [4.78, 5) is 32.7. The predicted molar refractivity (Wildman–Crippen MR) is 335 cm³/mol. The summed E-state index contributed by atoms with van der Waals surface area (Å²) < 4.78 is 44.8. The standard InChI is InChI=1S/C67H108N3O13P/c1-15-55-67(10,76)61(83-64(74)68-39-31-20-18-16-17-19-21-32-40-84(51-33-25-22-26-34-51,52-35-27-23-28-36-52)53-37-29-24-30-38-53)49(6)70(13)44-45(2)42-65(8,75)60(82-63-57(71)54(69(11)12)41-46(3)78-63)47(4)58(48(5)62(73)80-55)81-56-43-66(9,77-14)59(72)50(7)79-56/h22-30,33-38,45-50,54-61,63,71-72,75-76,84H,15-21,31-32,39-44H2,1-14H3,(H,68,74)/t45-,46-,47+,48-,49-,50+,54+,55-,56+,57-,58+,59+,60-,61-,63+,65-,66-,67-/m1/s1. The summed E-state index contributed by atoms with van der Waals surface area (Å²) in [5.41, 5.74) is -4.58. The number of nitrogens with zero attached hydrogens (tertiary/aromatic N) is 2. The van der Waals surface area contributed by atoms with Gasteiger partial charge in [-0.1, -0.05) is 20.8 Å². The number of alkyl carbamates (subject to hydrolysis) is 1.